The van der Waals surface area contributed by atoms with Crippen LogP contribution in [0.25, 0.3) is 0 Å². The van der Waals surface area contributed by atoms with Crippen LogP contribution in [0.4, 0.5) is 0 Å². The van der Waals surface area contributed by atoms with Crippen LogP contribution >= 0.6 is 0 Å². The van der Waals surface area contributed by atoms with Crippen molar-refractivity contribution in [2.75, 3.05) is 13.2 Å². The third-order valence-electron chi connectivity index (χ3n) is 15.7. The number of allylic oxidation sites excluding steroid dienone is 4. The molecule has 0 spiro atoms. The van der Waals surface area contributed by atoms with Crippen molar-refractivity contribution in [1.82, 2.24) is 5.32 Å². The second-order valence-electron chi connectivity index (χ2n) is 23.1. The van der Waals surface area contributed by atoms with Crippen molar-refractivity contribution >= 4 is 11.9 Å². The summed E-state index contributed by atoms with van der Waals surface area (Å²) in [4.78, 5) is 24.6. The lowest BCUT2D eigenvalue weighted by molar-refractivity contribution is -0.143. The molecule has 0 aromatic rings. The van der Waals surface area contributed by atoms with Gasteiger partial charge >= 0.3 is 5.97 Å². The van der Waals surface area contributed by atoms with Gasteiger partial charge in [-0.3, -0.25) is 9.59 Å². The lowest BCUT2D eigenvalue weighted by Gasteiger charge is -2.22. The van der Waals surface area contributed by atoms with Crippen LogP contribution in [0.2, 0.25) is 0 Å². The second kappa shape index (κ2) is 63.9. The van der Waals surface area contributed by atoms with Gasteiger partial charge in [0.2, 0.25) is 5.91 Å². The lowest BCUT2D eigenvalue weighted by atomic mass is 10.0. The molecule has 438 valence electrons. The molecule has 0 aromatic heterocycles. The van der Waals surface area contributed by atoms with Crippen molar-refractivity contribution < 1.29 is 24.5 Å². The number of carbonyl (C=O) groups is 2. The number of carbonyl (C=O) groups excluding carboxylic acids is 2. The quantitative estimate of drug-likeness (QED) is 0.0320. The Hall–Kier alpha value is -1.66. The summed E-state index contributed by atoms with van der Waals surface area (Å²) in [5.74, 6) is -0.0337. The SMILES string of the molecule is CCCCCCCC/C=C\CCCCCCCCCC(=O)OCCCCCCCCCCCC/C=C\CCCCCCCCCC(=O)NC(CO)C(O)CCCCCCCCCCCCCCCCCCCCC. The highest BCUT2D eigenvalue weighted by Gasteiger charge is 2.20. The molecule has 0 aliphatic heterocycles. The number of hydrogen-bond acceptors (Lipinski definition) is 5. The Kier molecular flexibility index (Phi) is 62.4. The maximum Gasteiger partial charge on any atom is 0.305 e. The smallest absolute Gasteiger partial charge is 0.305 e. The fraction of sp³-hybridized carbons (Fsp3) is 0.912. The molecule has 0 fully saturated rings. The molecule has 6 heteroatoms. The molecule has 6 nitrogen and oxygen atoms in total. The monoisotopic (exact) mass is 1040 g/mol. The highest BCUT2D eigenvalue weighted by Crippen LogP contribution is 2.18. The van der Waals surface area contributed by atoms with Gasteiger partial charge in [-0.15, -0.1) is 0 Å². The Labute approximate surface area is 462 Å². The molecular formula is C68H131NO5. The first-order chi connectivity index (χ1) is 36.5. The van der Waals surface area contributed by atoms with E-state index in [1.807, 2.05) is 0 Å². The Balaban J connectivity index is 3.41. The van der Waals surface area contributed by atoms with E-state index in [0.29, 0.717) is 25.9 Å². The number of nitrogens with one attached hydrogen (secondary N) is 1. The molecule has 74 heavy (non-hydrogen) atoms. The minimum absolute atomic E-state index is 0.00570. The van der Waals surface area contributed by atoms with Crippen LogP contribution in [0.5, 0.6) is 0 Å². The Bertz CT molecular complexity index is 1150. The number of aliphatic hydroxyl groups excluding tert-OH is 2. The fourth-order valence-electron chi connectivity index (χ4n) is 10.6. The zero-order chi connectivity index (χ0) is 53.6. The van der Waals surface area contributed by atoms with Crippen molar-refractivity contribution in [2.45, 2.75) is 386 Å². The molecule has 0 bridgehead atoms. The molecule has 0 saturated carbocycles. The van der Waals surface area contributed by atoms with Crippen LogP contribution in [-0.4, -0.2) is 47.4 Å². The molecule has 1 amide bonds. The van der Waals surface area contributed by atoms with E-state index in [0.717, 1.165) is 44.9 Å². The van der Waals surface area contributed by atoms with Crippen LogP contribution in [0, 0.1) is 0 Å². The molecule has 0 aliphatic rings. The van der Waals surface area contributed by atoms with Gasteiger partial charge in [0.05, 0.1) is 25.4 Å². The maximum absolute atomic E-state index is 12.5. The van der Waals surface area contributed by atoms with Gasteiger partial charge in [0.25, 0.3) is 0 Å². The molecule has 0 rings (SSSR count). The molecule has 3 N–H and O–H groups in total. The van der Waals surface area contributed by atoms with E-state index in [2.05, 4.69) is 43.5 Å². The Morgan fingerprint density at radius 1 is 0.365 bits per heavy atom. The molecular weight excluding hydrogens is 911 g/mol. The number of aliphatic hydroxyl groups is 2. The van der Waals surface area contributed by atoms with Gasteiger partial charge in [-0.1, -0.05) is 308 Å². The first-order valence-corrected chi connectivity index (χ1v) is 33.6. The molecule has 2 unspecified atom stereocenters. The number of hydrogen-bond donors (Lipinski definition) is 3. The molecule has 0 heterocycles. The van der Waals surface area contributed by atoms with Gasteiger partial charge in [0, 0.05) is 12.8 Å². The van der Waals surface area contributed by atoms with Crippen molar-refractivity contribution in [3.05, 3.63) is 24.3 Å². The van der Waals surface area contributed by atoms with E-state index in [-0.39, 0.29) is 18.5 Å². The van der Waals surface area contributed by atoms with Crippen LogP contribution in [-0.2, 0) is 14.3 Å². The van der Waals surface area contributed by atoms with E-state index in [9.17, 15) is 19.8 Å². The summed E-state index contributed by atoms with van der Waals surface area (Å²) in [5.41, 5.74) is 0. The number of esters is 1. The van der Waals surface area contributed by atoms with Crippen molar-refractivity contribution in [2.24, 2.45) is 0 Å². The van der Waals surface area contributed by atoms with Crippen molar-refractivity contribution in [3.8, 4) is 0 Å². The summed E-state index contributed by atoms with van der Waals surface area (Å²) < 4.78 is 5.49. The Morgan fingerprint density at radius 3 is 0.959 bits per heavy atom. The van der Waals surface area contributed by atoms with E-state index in [1.165, 1.54) is 295 Å². The predicted octanol–water partition coefficient (Wildman–Crippen LogP) is 21.4. The number of rotatable bonds is 63. The standard InChI is InChI=1S/C68H131NO5/c1-3-5-7-9-11-13-15-17-19-21-25-29-32-36-40-44-48-52-56-60-66(71)65(64-70)69-67(72)61-57-53-49-45-41-37-33-30-26-23-22-24-27-31-35-39-43-47-51-55-59-63-74-68(73)62-58-54-50-46-42-38-34-28-20-18-16-14-12-10-8-6-4-2/h18,20,23,26,65-66,70-71H,3-17,19,21-22,24-25,27-64H2,1-2H3,(H,69,72)/b20-18-,26-23-. The zero-order valence-electron chi connectivity index (χ0n) is 50.1. The number of amides is 1. The predicted molar refractivity (Wildman–Crippen MR) is 324 cm³/mol. The maximum atomic E-state index is 12.5. The van der Waals surface area contributed by atoms with Crippen LogP contribution in [0.3, 0.4) is 0 Å². The molecule has 0 aromatic carbocycles. The molecule has 0 saturated heterocycles. The van der Waals surface area contributed by atoms with Gasteiger partial charge in [0.1, 0.15) is 0 Å². The summed E-state index contributed by atoms with van der Waals surface area (Å²) in [6, 6.07) is -0.548. The topological polar surface area (TPSA) is 95.9 Å². The van der Waals surface area contributed by atoms with E-state index in [1.54, 1.807) is 0 Å². The molecule has 0 radical (unpaired) electrons. The highest BCUT2D eigenvalue weighted by molar-refractivity contribution is 5.76. The zero-order valence-corrected chi connectivity index (χ0v) is 50.1. The van der Waals surface area contributed by atoms with Gasteiger partial charge < -0.3 is 20.3 Å². The first kappa shape index (κ1) is 72.3. The summed E-state index contributed by atoms with van der Waals surface area (Å²) in [6.45, 7) is 4.97. The van der Waals surface area contributed by atoms with Gasteiger partial charge in [-0.25, -0.2) is 0 Å². The van der Waals surface area contributed by atoms with Crippen LogP contribution < -0.4 is 5.32 Å². The molecule has 2 atom stereocenters. The second-order valence-corrected chi connectivity index (χ2v) is 23.1. The largest absolute Gasteiger partial charge is 0.466 e. The average Bonchev–Trinajstić information content (AvgIpc) is 3.40. The van der Waals surface area contributed by atoms with E-state index in [4.69, 9.17) is 4.74 Å². The van der Waals surface area contributed by atoms with Crippen LogP contribution in [0.1, 0.15) is 373 Å². The summed E-state index contributed by atoms with van der Waals surface area (Å²) >= 11 is 0. The normalized spacial score (nSPS) is 12.6. The minimum atomic E-state index is -0.670. The first-order valence-electron chi connectivity index (χ1n) is 33.6. The minimum Gasteiger partial charge on any atom is -0.466 e. The summed E-state index contributed by atoms with van der Waals surface area (Å²) in [5, 5.41) is 23.4. The van der Waals surface area contributed by atoms with E-state index < -0.39 is 12.1 Å². The van der Waals surface area contributed by atoms with Gasteiger partial charge in [-0.2, -0.15) is 0 Å². The number of unbranched alkanes of at least 4 members (excludes halogenated alkanes) is 48. The number of ether oxygens (including phenoxy) is 1. The lowest BCUT2D eigenvalue weighted by Crippen LogP contribution is -2.45. The van der Waals surface area contributed by atoms with Crippen molar-refractivity contribution in [1.29, 1.82) is 0 Å². The van der Waals surface area contributed by atoms with Gasteiger partial charge in [0.15, 0.2) is 0 Å². The molecule has 0 aliphatic carbocycles. The third-order valence-corrected chi connectivity index (χ3v) is 15.7. The highest BCUT2D eigenvalue weighted by atomic mass is 16.5. The average molecular weight is 1040 g/mol. The van der Waals surface area contributed by atoms with E-state index >= 15 is 0 Å². The third kappa shape index (κ3) is 59.6. The van der Waals surface area contributed by atoms with Crippen molar-refractivity contribution in [3.63, 3.8) is 0 Å². The summed E-state index contributed by atoms with van der Waals surface area (Å²) in [6.07, 6.45) is 79.1. The summed E-state index contributed by atoms with van der Waals surface area (Å²) in [7, 11) is 0. The van der Waals surface area contributed by atoms with Crippen LogP contribution in [0.15, 0.2) is 24.3 Å². The fourth-order valence-corrected chi connectivity index (χ4v) is 10.6. The van der Waals surface area contributed by atoms with Gasteiger partial charge in [-0.05, 0) is 77.0 Å². The Morgan fingerprint density at radius 2 is 0.635 bits per heavy atom.